The topological polar surface area (TPSA) is 71.8 Å². The van der Waals surface area contributed by atoms with Gasteiger partial charge in [-0.1, -0.05) is 39.8 Å². The van der Waals surface area contributed by atoms with Crippen LogP contribution in [0.25, 0.3) is 16.6 Å². The van der Waals surface area contributed by atoms with Crippen molar-refractivity contribution in [3.63, 3.8) is 0 Å². The minimum atomic E-state index is -0.243. The van der Waals surface area contributed by atoms with Crippen molar-refractivity contribution >= 4 is 38.6 Å². The average Bonchev–Trinajstić information content (AvgIpc) is 2.87. The first-order chi connectivity index (χ1) is 16.5. The number of fused-ring (bicyclic) bond motifs is 1. The lowest BCUT2D eigenvalue weighted by Gasteiger charge is -2.17. The lowest BCUT2D eigenvalue weighted by atomic mass is 10.2. The van der Waals surface area contributed by atoms with Crippen molar-refractivity contribution in [2.45, 2.75) is 10.9 Å². The van der Waals surface area contributed by atoms with Crippen LogP contribution in [0.5, 0.6) is 23.0 Å². The predicted molar refractivity (Wildman–Crippen MR) is 137 cm³/mol. The summed E-state index contributed by atoms with van der Waals surface area (Å²) in [6.07, 6.45) is 0. The summed E-state index contributed by atoms with van der Waals surface area (Å²) in [4.78, 5) is 18.7. The smallest absolute Gasteiger partial charge is 0.266 e. The Bertz CT molecular complexity index is 1370. The fraction of sp³-hybridized carbons (Fsp3) is 0.200. The molecule has 9 heteroatoms. The Morgan fingerprint density at radius 3 is 2.15 bits per heavy atom. The number of nitrogens with zero attached hydrogens (tertiary/aromatic N) is 2. The average molecular weight is 543 g/mol. The lowest BCUT2D eigenvalue weighted by Crippen LogP contribution is -2.22. The van der Waals surface area contributed by atoms with Gasteiger partial charge in [-0.05, 0) is 48.0 Å². The lowest BCUT2D eigenvalue weighted by molar-refractivity contribution is 0.326. The summed E-state index contributed by atoms with van der Waals surface area (Å²) < 4.78 is 24.4. The zero-order valence-electron chi connectivity index (χ0n) is 19.1. The van der Waals surface area contributed by atoms with Gasteiger partial charge in [-0.15, -0.1) is 0 Å². The highest BCUT2D eigenvalue weighted by Gasteiger charge is 2.22. The zero-order valence-corrected chi connectivity index (χ0v) is 21.5. The molecule has 3 aromatic carbocycles. The van der Waals surface area contributed by atoms with Gasteiger partial charge < -0.3 is 18.9 Å². The Kier molecular flexibility index (Phi) is 7.33. The van der Waals surface area contributed by atoms with E-state index in [1.165, 1.54) is 33.1 Å². The first-order valence-electron chi connectivity index (χ1n) is 10.3. The van der Waals surface area contributed by atoms with E-state index in [0.717, 1.165) is 10.0 Å². The third-order valence-corrected chi connectivity index (χ3v) is 6.79. The molecule has 0 fully saturated rings. The minimum Gasteiger partial charge on any atom is -0.497 e. The predicted octanol–water partition coefficient (Wildman–Crippen LogP) is 5.47. The molecular formula is C25H23BrN2O5S. The van der Waals surface area contributed by atoms with Crippen LogP contribution < -0.4 is 24.5 Å². The number of rotatable bonds is 8. The summed E-state index contributed by atoms with van der Waals surface area (Å²) in [5.41, 5.74) is 1.94. The normalized spacial score (nSPS) is 10.9. The molecule has 0 aliphatic heterocycles. The molecule has 0 bridgehead atoms. The molecule has 176 valence electrons. The van der Waals surface area contributed by atoms with Crippen molar-refractivity contribution in [2.75, 3.05) is 28.4 Å². The van der Waals surface area contributed by atoms with Crippen LogP contribution in [0.4, 0.5) is 0 Å². The summed E-state index contributed by atoms with van der Waals surface area (Å²) in [6, 6.07) is 16.9. The number of hydrogen-bond donors (Lipinski definition) is 0. The summed E-state index contributed by atoms with van der Waals surface area (Å²) in [5, 5.41) is 0.884. The minimum absolute atomic E-state index is 0.243. The van der Waals surface area contributed by atoms with E-state index in [2.05, 4.69) is 15.9 Å². The van der Waals surface area contributed by atoms with E-state index in [0.29, 0.717) is 50.5 Å². The molecule has 0 saturated heterocycles. The molecule has 4 aromatic rings. The van der Waals surface area contributed by atoms with Gasteiger partial charge in [0.1, 0.15) is 11.3 Å². The molecule has 0 unspecified atom stereocenters. The van der Waals surface area contributed by atoms with Crippen molar-refractivity contribution < 1.29 is 18.9 Å². The maximum atomic E-state index is 13.8. The maximum absolute atomic E-state index is 13.8. The Morgan fingerprint density at radius 1 is 0.882 bits per heavy atom. The number of benzene rings is 3. The van der Waals surface area contributed by atoms with Crippen LogP contribution in [0.3, 0.4) is 0 Å². The van der Waals surface area contributed by atoms with Crippen molar-refractivity contribution in [3.05, 3.63) is 75.0 Å². The summed E-state index contributed by atoms with van der Waals surface area (Å²) in [7, 11) is 6.15. The van der Waals surface area contributed by atoms with Crippen molar-refractivity contribution in [1.82, 2.24) is 9.55 Å². The van der Waals surface area contributed by atoms with Gasteiger partial charge in [-0.25, -0.2) is 4.98 Å². The first kappa shape index (κ1) is 24.0. The van der Waals surface area contributed by atoms with Crippen LogP contribution in [-0.2, 0) is 5.75 Å². The fourth-order valence-corrected chi connectivity index (χ4v) is 4.78. The van der Waals surface area contributed by atoms with E-state index in [1.807, 2.05) is 48.5 Å². The van der Waals surface area contributed by atoms with Crippen molar-refractivity contribution in [1.29, 1.82) is 0 Å². The van der Waals surface area contributed by atoms with Crippen LogP contribution in [0.2, 0.25) is 0 Å². The van der Waals surface area contributed by atoms with Gasteiger partial charge in [0, 0.05) is 10.2 Å². The van der Waals surface area contributed by atoms with Gasteiger partial charge in [-0.2, -0.15) is 0 Å². The quantitative estimate of drug-likeness (QED) is 0.216. The maximum Gasteiger partial charge on any atom is 0.266 e. The number of aromatic nitrogens is 2. The molecule has 0 aliphatic rings. The number of ether oxygens (including phenoxy) is 4. The second kappa shape index (κ2) is 10.4. The van der Waals surface area contributed by atoms with E-state index in [9.17, 15) is 4.79 Å². The molecule has 0 N–H and O–H groups in total. The van der Waals surface area contributed by atoms with Crippen LogP contribution in [0.15, 0.2) is 69.0 Å². The van der Waals surface area contributed by atoms with Gasteiger partial charge in [0.2, 0.25) is 5.75 Å². The zero-order chi connectivity index (χ0) is 24.2. The largest absolute Gasteiger partial charge is 0.497 e. The van der Waals surface area contributed by atoms with Crippen molar-refractivity contribution in [3.8, 4) is 28.7 Å². The SMILES string of the molecule is COc1ccc(-n2c(SCc3ccc(Br)cc3)nc3c(OC)c(OC)c(OC)cc3c2=O)cc1. The summed E-state index contributed by atoms with van der Waals surface area (Å²) in [5.74, 6) is 2.44. The highest BCUT2D eigenvalue weighted by Crippen LogP contribution is 2.42. The van der Waals surface area contributed by atoms with Gasteiger partial charge in [-0.3, -0.25) is 9.36 Å². The molecular weight excluding hydrogens is 520 g/mol. The number of methoxy groups -OCH3 is 4. The van der Waals surface area contributed by atoms with E-state index >= 15 is 0 Å². The standard InChI is InChI=1S/C25H23BrN2O5S/c1-30-18-11-9-17(10-12-18)28-24(29)19-13-20(31-2)22(32-3)23(33-4)21(19)27-25(28)34-14-15-5-7-16(26)8-6-15/h5-13H,14H2,1-4H3. The van der Waals surface area contributed by atoms with Gasteiger partial charge in [0.25, 0.3) is 5.56 Å². The molecule has 1 aromatic heterocycles. The fourth-order valence-electron chi connectivity index (χ4n) is 3.55. The van der Waals surface area contributed by atoms with Crippen LogP contribution in [0, 0.1) is 0 Å². The molecule has 34 heavy (non-hydrogen) atoms. The Hall–Kier alpha value is -3.17. The molecule has 0 atom stereocenters. The molecule has 7 nitrogen and oxygen atoms in total. The van der Waals surface area contributed by atoms with Crippen LogP contribution in [0.1, 0.15) is 5.56 Å². The summed E-state index contributed by atoms with van der Waals surface area (Å²) >= 11 is 4.92. The number of thioether (sulfide) groups is 1. The van der Waals surface area contributed by atoms with Gasteiger partial charge in [0.15, 0.2) is 16.7 Å². The molecule has 4 rings (SSSR count). The molecule has 0 spiro atoms. The highest BCUT2D eigenvalue weighted by molar-refractivity contribution is 9.10. The third-order valence-electron chi connectivity index (χ3n) is 5.25. The molecule has 0 saturated carbocycles. The summed E-state index contributed by atoms with van der Waals surface area (Å²) in [6.45, 7) is 0. The van der Waals surface area contributed by atoms with Crippen LogP contribution >= 0.6 is 27.7 Å². The van der Waals surface area contributed by atoms with Gasteiger partial charge in [0.05, 0.1) is 39.5 Å². The first-order valence-corrected chi connectivity index (χ1v) is 12.1. The van der Waals surface area contributed by atoms with Crippen LogP contribution in [-0.4, -0.2) is 38.0 Å². The van der Waals surface area contributed by atoms with Gasteiger partial charge >= 0.3 is 0 Å². The number of halogens is 1. The monoisotopic (exact) mass is 542 g/mol. The van der Waals surface area contributed by atoms with Crippen molar-refractivity contribution in [2.24, 2.45) is 0 Å². The Balaban J connectivity index is 1.94. The molecule has 0 aliphatic carbocycles. The Morgan fingerprint density at radius 2 is 1.56 bits per heavy atom. The van der Waals surface area contributed by atoms with E-state index in [-0.39, 0.29) is 5.56 Å². The molecule has 0 amide bonds. The Labute approximate surface area is 209 Å². The van der Waals surface area contributed by atoms with E-state index in [1.54, 1.807) is 17.7 Å². The second-order valence-electron chi connectivity index (χ2n) is 7.19. The van der Waals surface area contributed by atoms with E-state index in [4.69, 9.17) is 23.9 Å². The van der Waals surface area contributed by atoms with E-state index < -0.39 is 0 Å². The molecule has 0 radical (unpaired) electrons. The molecule has 1 heterocycles. The highest BCUT2D eigenvalue weighted by atomic mass is 79.9. The second-order valence-corrected chi connectivity index (χ2v) is 9.05. The number of hydrogen-bond acceptors (Lipinski definition) is 7. The third kappa shape index (κ3) is 4.58.